The average Bonchev–Trinajstić information content (AvgIpc) is 3.51. The highest BCUT2D eigenvalue weighted by molar-refractivity contribution is 6.05. The lowest BCUT2D eigenvalue weighted by molar-refractivity contribution is -0.159. The smallest absolute Gasteiger partial charge is 0.312 e. The van der Waals surface area contributed by atoms with E-state index in [1.807, 2.05) is 45.0 Å². The Morgan fingerprint density at radius 2 is 1.93 bits per heavy atom. The first-order valence-corrected chi connectivity index (χ1v) is 15.0. The molecule has 1 spiro atoms. The van der Waals surface area contributed by atoms with Gasteiger partial charge in [0.1, 0.15) is 17.6 Å². The van der Waals surface area contributed by atoms with E-state index in [-0.39, 0.29) is 31.6 Å². The number of aryl methyl sites for hydroxylation is 2. The molecular weight excluding hydrogens is 520 g/mol. The minimum Gasteiger partial charge on any atom is -0.465 e. The van der Waals surface area contributed by atoms with Gasteiger partial charge in [0.15, 0.2) is 0 Å². The molecular formula is C33H46N2O6. The third-order valence-electron chi connectivity index (χ3n) is 9.10. The van der Waals surface area contributed by atoms with Gasteiger partial charge in [0, 0.05) is 25.4 Å². The highest BCUT2D eigenvalue weighted by Gasteiger charge is 2.78. The number of hydrogen-bond acceptors (Lipinski definition) is 6. The van der Waals surface area contributed by atoms with Crippen molar-refractivity contribution in [1.82, 2.24) is 4.90 Å². The minimum absolute atomic E-state index is 0.0742. The molecule has 5 atom stereocenters. The SMILES string of the molecule is C=CCCCCOC(=O)[C@@H]1[C@H]2C(=O)N(CCCCCO)C(C(=O)N(CC=C)c3cc(C)ccc3C)C23CC[C@@]1(C)O3. The number of carbonyl (C=O) groups is 3. The van der Waals surface area contributed by atoms with Crippen LogP contribution < -0.4 is 4.90 Å². The predicted molar refractivity (Wildman–Crippen MR) is 158 cm³/mol. The molecule has 2 amide bonds. The molecule has 1 N–H and O–H groups in total. The number of rotatable bonds is 15. The zero-order chi connectivity index (χ0) is 29.8. The zero-order valence-electron chi connectivity index (χ0n) is 24.9. The Bertz CT molecular complexity index is 1170. The summed E-state index contributed by atoms with van der Waals surface area (Å²) < 4.78 is 12.5. The molecule has 3 saturated heterocycles. The topological polar surface area (TPSA) is 96.4 Å². The number of aliphatic hydroxyl groups is 1. The summed E-state index contributed by atoms with van der Waals surface area (Å²) in [4.78, 5) is 45.8. The van der Waals surface area contributed by atoms with E-state index in [1.54, 1.807) is 15.9 Å². The van der Waals surface area contributed by atoms with Gasteiger partial charge in [0.05, 0.1) is 18.1 Å². The fraction of sp³-hybridized carbons (Fsp3) is 0.606. The van der Waals surface area contributed by atoms with Gasteiger partial charge in [-0.1, -0.05) is 24.3 Å². The molecule has 41 heavy (non-hydrogen) atoms. The van der Waals surface area contributed by atoms with Gasteiger partial charge in [-0.25, -0.2) is 0 Å². The summed E-state index contributed by atoms with van der Waals surface area (Å²) in [5, 5.41) is 9.29. The van der Waals surface area contributed by atoms with Gasteiger partial charge in [-0.05, 0) is 89.3 Å². The summed E-state index contributed by atoms with van der Waals surface area (Å²) in [6.45, 7) is 14.4. The van der Waals surface area contributed by atoms with Gasteiger partial charge >= 0.3 is 5.97 Å². The summed E-state index contributed by atoms with van der Waals surface area (Å²) in [5.74, 6) is -2.41. The van der Waals surface area contributed by atoms with Gasteiger partial charge in [-0.15, -0.1) is 13.2 Å². The molecule has 8 heteroatoms. The maximum atomic E-state index is 14.7. The van der Waals surface area contributed by atoms with E-state index in [0.717, 1.165) is 42.5 Å². The van der Waals surface area contributed by atoms with Crippen molar-refractivity contribution in [3.05, 3.63) is 54.6 Å². The van der Waals surface area contributed by atoms with Gasteiger partial charge in [0.25, 0.3) is 5.91 Å². The number of likely N-dealkylation sites (tertiary alicyclic amines) is 1. The molecule has 0 radical (unpaired) electrons. The number of benzene rings is 1. The number of fused-ring (bicyclic) bond motifs is 1. The monoisotopic (exact) mass is 566 g/mol. The minimum atomic E-state index is -1.11. The molecule has 3 fully saturated rings. The van der Waals surface area contributed by atoms with E-state index in [9.17, 15) is 19.5 Å². The van der Waals surface area contributed by atoms with E-state index in [0.29, 0.717) is 32.2 Å². The van der Waals surface area contributed by atoms with Crippen LogP contribution in [0.3, 0.4) is 0 Å². The first kappa shape index (κ1) is 31.0. The fourth-order valence-electron chi connectivity index (χ4n) is 7.12. The largest absolute Gasteiger partial charge is 0.465 e. The molecule has 2 bridgehead atoms. The molecule has 8 nitrogen and oxygen atoms in total. The quantitative estimate of drug-likeness (QED) is 0.189. The van der Waals surface area contributed by atoms with E-state index >= 15 is 0 Å². The molecule has 3 heterocycles. The molecule has 224 valence electrons. The lowest BCUT2D eigenvalue weighted by Crippen LogP contribution is -2.56. The number of allylic oxidation sites excluding steroid dienone is 1. The number of aliphatic hydroxyl groups excluding tert-OH is 1. The van der Waals surface area contributed by atoms with Crippen LogP contribution in [-0.4, -0.2) is 71.3 Å². The predicted octanol–water partition coefficient (Wildman–Crippen LogP) is 4.65. The summed E-state index contributed by atoms with van der Waals surface area (Å²) >= 11 is 0. The van der Waals surface area contributed by atoms with Crippen molar-refractivity contribution in [2.75, 3.05) is 31.2 Å². The Morgan fingerprint density at radius 3 is 2.63 bits per heavy atom. The maximum Gasteiger partial charge on any atom is 0.312 e. The van der Waals surface area contributed by atoms with Crippen LogP contribution in [0.2, 0.25) is 0 Å². The van der Waals surface area contributed by atoms with Crippen molar-refractivity contribution in [3.8, 4) is 0 Å². The lowest BCUT2D eigenvalue weighted by atomic mass is 9.66. The van der Waals surface area contributed by atoms with Gasteiger partial charge in [-0.3, -0.25) is 14.4 Å². The van der Waals surface area contributed by atoms with Crippen LogP contribution in [0.4, 0.5) is 5.69 Å². The van der Waals surface area contributed by atoms with Crippen LogP contribution in [0, 0.1) is 25.7 Å². The summed E-state index contributed by atoms with van der Waals surface area (Å²) in [7, 11) is 0. The van der Waals surface area contributed by atoms with Crippen LogP contribution >= 0.6 is 0 Å². The molecule has 0 aliphatic carbocycles. The molecule has 2 unspecified atom stereocenters. The molecule has 3 aliphatic heterocycles. The first-order chi connectivity index (χ1) is 19.6. The molecule has 1 aromatic rings. The van der Waals surface area contributed by atoms with Crippen LogP contribution in [0.1, 0.15) is 69.4 Å². The Balaban J connectivity index is 1.70. The third kappa shape index (κ3) is 5.73. The Hall–Kier alpha value is -2.97. The van der Waals surface area contributed by atoms with Crippen molar-refractivity contribution in [3.63, 3.8) is 0 Å². The van der Waals surface area contributed by atoms with Gasteiger partial charge in [-0.2, -0.15) is 0 Å². The third-order valence-corrected chi connectivity index (χ3v) is 9.10. The number of hydrogen-bond donors (Lipinski definition) is 1. The highest BCUT2D eigenvalue weighted by atomic mass is 16.6. The highest BCUT2D eigenvalue weighted by Crippen LogP contribution is 2.63. The maximum absolute atomic E-state index is 14.7. The van der Waals surface area contributed by atoms with Gasteiger partial charge in [0.2, 0.25) is 5.91 Å². The van der Waals surface area contributed by atoms with E-state index in [2.05, 4.69) is 13.2 Å². The normalized spacial score (nSPS) is 28.0. The fourth-order valence-corrected chi connectivity index (χ4v) is 7.12. The molecule has 4 rings (SSSR count). The van der Waals surface area contributed by atoms with Crippen LogP contribution in [0.15, 0.2) is 43.5 Å². The Labute approximate surface area is 244 Å². The summed E-state index contributed by atoms with van der Waals surface area (Å²) in [6, 6.07) is 5.10. The average molecular weight is 567 g/mol. The van der Waals surface area contributed by atoms with Crippen molar-refractivity contribution >= 4 is 23.5 Å². The number of esters is 1. The Kier molecular flexibility index (Phi) is 9.75. The number of carbonyl (C=O) groups excluding carboxylic acids is 3. The van der Waals surface area contributed by atoms with E-state index in [4.69, 9.17) is 9.47 Å². The van der Waals surface area contributed by atoms with E-state index < -0.39 is 35.0 Å². The van der Waals surface area contributed by atoms with Crippen molar-refractivity contribution in [2.24, 2.45) is 11.8 Å². The first-order valence-electron chi connectivity index (χ1n) is 15.0. The standard InChI is InChI=1S/C33H46N2O6/c1-6-8-9-13-21-40-31(39)27-26-29(37)35(19-11-10-12-20-36)28(33(26)17-16-32(27,5)41-33)30(38)34(18-7-2)25-22-23(3)14-15-24(25)4/h6-7,14-15,22,26-28,36H,1-2,8-13,16-21H2,3-5H3/t26-,27-,28?,32+,33?/m0/s1. The van der Waals surface area contributed by atoms with Gasteiger partial charge < -0.3 is 24.4 Å². The second kappa shape index (κ2) is 12.9. The number of unbranched alkanes of at least 4 members (excludes halogenated alkanes) is 4. The number of nitrogens with zero attached hydrogens (tertiary/aromatic N) is 2. The lowest BCUT2D eigenvalue weighted by Gasteiger charge is -2.37. The zero-order valence-corrected chi connectivity index (χ0v) is 24.9. The van der Waals surface area contributed by atoms with Crippen LogP contribution in [0.25, 0.3) is 0 Å². The summed E-state index contributed by atoms with van der Waals surface area (Å²) in [6.07, 6.45) is 9.04. The summed E-state index contributed by atoms with van der Waals surface area (Å²) in [5.41, 5.74) is 0.761. The molecule has 1 aromatic carbocycles. The number of anilines is 1. The van der Waals surface area contributed by atoms with Crippen molar-refractivity contribution in [2.45, 2.75) is 89.4 Å². The second-order valence-corrected chi connectivity index (χ2v) is 12.0. The number of amides is 2. The van der Waals surface area contributed by atoms with Crippen LogP contribution in [-0.2, 0) is 23.9 Å². The van der Waals surface area contributed by atoms with E-state index in [1.165, 1.54) is 0 Å². The van der Waals surface area contributed by atoms with Crippen molar-refractivity contribution < 1.29 is 29.0 Å². The second-order valence-electron chi connectivity index (χ2n) is 12.0. The van der Waals surface area contributed by atoms with Crippen molar-refractivity contribution in [1.29, 1.82) is 0 Å². The molecule has 0 saturated carbocycles. The van der Waals surface area contributed by atoms with Crippen LogP contribution in [0.5, 0.6) is 0 Å². The molecule has 0 aromatic heterocycles. The number of ether oxygens (including phenoxy) is 2. The molecule has 3 aliphatic rings. The Morgan fingerprint density at radius 1 is 1.15 bits per heavy atom.